The monoisotopic (exact) mass is 271 g/mol. The lowest BCUT2D eigenvalue weighted by Crippen LogP contribution is -2.24. The van der Waals surface area contributed by atoms with E-state index in [-0.39, 0.29) is 6.04 Å². The van der Waals surface area contributed by atoms with Gasteiger partial charge in [0, 0.05) is 25.3 Å². The number of aryl methyl sites for hydroxylation is 1. The van der Waals surface area contributed by atoms with E-state index in [0.717, 1.165) is 31.9 Å². The third-order valence-corrected chi connectivity index (χ3v) is 3.99. The summed E-state index contributed by atoms with van der Waals surface area (Å²) in [5.41, 5.74) is 10.0. The zero-order chi connectivity index (χ0) is 13.9. The van der Waals surface area contributed by atoms with Gasteiger partial charge in [0.15, 0.2) is 0 Å². The minimum absolute atomic E-state index is 0.00445. The average molecular weight is 271 g/mol. The largest absolute Gasteiger partial charge is 0.381 e. The summed E-state index contributed by atoms with van der Waals surface area (Å²) in [4.78, 5) is 4.28. The summed E-state index contributed by atoms with van der Waals surface area (Å²) in [6, 6.07) is 8.55. The SMILES string of the molecule is Cc1cccc(Cn2cncc2C(N)C2CCOC2)c1. The molecular formula is C16H21N3O. The number of ether oxygens (including phenoxy) is 1. The highest BCUT2D eigenvalue weighted by atomic mass is 16.5. The van der Waals surface area contributed by atoms with Crippen LogP contribution in [0.25, 0.3) is 0 Å². The maximum atomic E-state index is 6.39. The standard InChI is InChI=1S/C16H21N3O/c1-12-3-2-4-13(7-12)9-19-11-18-8-15(19)16(17)14-5-6-20-10-14/h2-4,7-8,11,14,16H,5-6,9-10,17H2,1H3. The first-order valence-electron chi connectivity index (χ1n) is 7.13. The van der Waals surface area contributed by atoms with Gasteiger partial charge in [0.05, 0.1) is 24.7 Å². The summed E-state index contributed by atoms with van der Waals surface area (Å²) in [5, 5.41) is 0. The molecule has 20 heavy (non-hydrogen) atoms. The number of nitrogens with zero attached hydrogens (tertiary/aromatic N) is 2. The van der Waals surface area contributed by atoms with Crippen LogP contribution in [0.1, 0.15) is 29.3 Å². The zero-order valence-corrected chi connectivity index (χ0v) is 11.8. The topological polar surface area (TPSA) is 53.1 Å². The van der Waals surface area contributed by atoms with Crippen LogP contribution in [0, 0.1) is 12.8 Å². The van der Waals surface area contributed by atoms with Crippen molar-refractivity contribution in [3.05, 3.63) is 53.6 Å². The molecule has 2 atom stereocenters. The molecule has 0 spiro atoms. The summed E-state index contributed by atoms with van der Waals surface area (Å²) >= 11 is 0. The molecule has 0 amide bonds. The van der Waals surface area contributed by atoms with Crippen LogP contribution in [0.4, 0.5) is 0 Å². The van der Waals surface area contributed by atoms with Gasteiger partial charge in [0.25, 0.3) is 0 Å². The van der Waals surface area contributed by atoms with Gasteiger partial charge >= 0.3 is 0 Å². The van der Waals surface area contributed by atoms with Gasteiger partial charge in [-0.1, -0.05) is 29.8 Å². The minimum atomic E-state index is 0.00445. The number of aromatic nitrogens is 2. The summed E-state index contributed by atoms with van der Waals surface area (Å²) in [6.45, 7) is 4.51. The van der Waals surface area contributed by atoms with E-state index in [9.17, 15) is 0 Å². The Morgan fingerprint density at radius 3 is 3.15 bits per heavy atom. The number of rotatable bonds is 4. The smallest absolute Gasteiger partial charge is 0.0951 e. The first kappa shape index (κ1) is 13.3. The fraction of sp³-hybridized carbons (Fsp3) is 0.438. The maximum absolute atomic E-state index is 6.39. The van der Waals surface area contributed by atoms with Gasteiger partial charge in [-0.05, 0) is 18.9 Å². The van der Waals surface area contributed by atoms with E-state index in [1.807, 2.05) is 12.5 Å². The molecule has 1 aliphatic heterocycles. The molecular weight excluding hydrogens is 250 g/mol. The molecule has 1 fully saturated rings. The van der Waals surface area contributed by atoms with Crippen molar-refractivity contribution in [3.8, 4) is 0 Å². The van der Waals surface area contributed by atoms with E-state index in [1.54, 1.807) is 0 Å². The van der Waals surface area contributed by atoms with Crippen LogP contribution in [0.5, 0.6) is 0 Å². The second kappa shape index (κ2) is 5.77. The van der Waals surface area contributed by atoms with Gasteiger partial charge in [-0.25, -0.2) is 4.98 Å². The highest BCUT2D eigenvalue weighted by Crippen LogP contribution is 2.26. The molecule has 2 N–H and O–H groups in total. The molecule has 106 valence electrons. The second-order valence-corrected chi connectivity index (χ2v) is 5.58. The van der Waals surface area contributed by atoms with Crippen LogP contribution >= 0.6 is 0 Å². The van der Waals surface area contributed by atoms with Crippen molar-refractivity contribution in [2.24, 2.45) is 11.7 Å². The molecule has 1 saturated heterocycles. The molecule has 4 heteroatoms. The van der Waals surface area contributed by atoms with Gasteiger partial charge in [-0.2, -0.15) is 0 Å². The number of imidazole rings is 1. The van der Waals surface area contributed by atoms with E-state index >= 15 is 0 Å². The number of benzene rings is 1. The molecule has 2 unspecified atom stereocenters. The van der Waals surface area contributed by atoms with Crippen LogP contribution < -0.4 is 5.73 Å². The summed E-state index contributed by atoms with van der Waals surface area (Å²) in [6.07, 6.45) is 4.79. The van der Waals surface area contributed by atoms with Crippen LogP contribution in [0.2, 0.25) is 0 Å². The summed E-state index contributed by atoms with van der Waals surface area (Å²) in [7, 11) is 0. The lowest BCUT2D eigenvalue weighted by atomic mass is 9.97. The lowest BCUT2D eigenvalue weighted by molar-refractivity contribution is 0.180. The van der Waals surface area contributed by atoms with Crippen molar-refractivity contribution in [2.75, 3.05) is 13.2 Å². The number of hydrogen-bond acceptors (Lipinski definition) is 3. The molecule has 2 heterocycles. The van der Waals surface area contributed by atoms with Gasteiger partial charge in [-0.15, -0.1) is 0 Å². The number of nitrogens with two attached hydrogens (primary N) is 1. The van der Waals surface area contributed by atoms with Gasteiger partial charge in [0.1, 0.15) is 0 Å². The van der Waals surface area contributed by atoms with Crippen molar-refractivity contribution in [2.45, 2.75) is 25.9 Å². The normalized spacial score (nSPS) is 20.2. The minimum Gasteiger partial charge on any atom is -0.381 e. The van der Waals surface area contributed by atoms with Crippen LogP contribution in [0.15, 0.2) is 36.8 Å². The number of hydrogen-bond donors (Lipinski definition) is 1. The molecule has 1 aliphatic rings. The Kier molecular flexibility index (Phi) is 3.85. The predicted molar refractivity (Wildman–Crippen MR) is 78.4 cm³/mol. The van der Waals surface area contributed by atoms with Crippen molar-refractivity contribution >= 4 is 0 Å². The van der Waals surface area contributed by atoms with Crippen molar-refractivity contribution in [3.63, 3.8) is 0 Å². The zero-order valence-electron chi connectivity index (χ0n) is 11.8. The van der Waals surface area contributed by atoms with Crippen molar-refractivity contribution in [1.29, 1.82) is 0 Å². The highest BCUT2D eigenvalue weighted by Gasteiger charge is 2.26. The molecule has 1 aromatic heterocycles. The van der Waals surface area contributed by atoms with Crippen LogP contribution in [0.3, 0.4) is 0 Å². The second-order valence-electron chi connectivity index (χ2n) is 5.58. The van der Waals surface area contributed by atoms with Crippen LogP contribution in [-0.4, -0.2) is 22.8 Å². The fourth-order valence-electron chi connectivity index (χ4n) is 2.83. The molecule has 2 aromatic rings. The Hall–Kier alpha value is -1.65. The van der Waals surface area contributed by atoms with E-state index < -0.39 is 0 Å². The predicted octanol–water partition coefficient (Wildman–Crippen LogP) is 2.28. The molecule has 0 saturated carbocycles. The highest BCUT2D eigenvalue weighted by molar-refractivity contribution is 5.23. The van der Waals surface area contributed by atoms with Gasteiger partial charge in [0.2, 0.25) is 0 Å². The van der Waals surface area contributed by atoms with E-state index in [4.69, 9.17) is 10.5 Å². The van der Waals surface area contributed by atoms with E-state index in [1.165, 1.54) is 11.1 Å². The van der Waals surface area contributed by atoms with E-state index in [0.29, 0.717) is 5.92 Å². The Bertz CT molecular complexity index is 573. The first-order valence-corrected chi connectivity index (χ1v) is 7.13. The Morgan fingerprint density at radius 2 is 2.40 bits per heavy atom. The van der Waals surface area contributed by atoms with Crippen molar-refractivity contribution < 1.29 is 4.74 Å². The van der Waals surface area contributed by atoms with Crippen molar-refractivity contribution in [1.82, 2.24) is 9.55 Å². The Morgan fingerprint density at radius 1 is 1.50 bits per heavy atom. The molecule has 3 rings (SSSR count). The third kappa shape index (κ3) is 2.76. The van der Waals surface area contributed by atoms with Gasteiger partial charge in [-0.3, -0.25) is 0 Å². The molecule has 1 aromatic carbocycles. The lowest BCUT2D eigenvalue weighted by Gasteiger charge is -2.19. The third-order valence-electron chi connectivity index (χ3n) is 3.99. The molecule has 0 radical (unpaired) electrons. The van der Waals surface area contributed by atoms with E-state index in [2.05, 4.69) is 40.7 Å². The maximum Gasteiger partial charge on any atom is 0.0951 e. The first-order chi connectivity index (χ1) is 9.74. The van der Waals surface area contributed by atoms with Gasteiger partial charge < -0.3 is 15.0 Å². The molecule has 0 bridgehead atoms. The molecule has 0 aliphatic carbocycles. The average Bonchev–Trinajstić information content (AvgIpc) is 3.09. The summed E-state index contributed by atoms with van der Waals surface area (Å²) in [5.74, 6) is 0.406. The Labute approximate surface area is 119 Å². The summed E-state index contributed by atoms with van der Waals surface area (Å²) < 4.78 is 7.59. The quantitative estimate of drug-likeness (QED) is 0.928. The Balaban J connectivity index is 1.79. The molecule has 4 nitrogen and oxygen atoms in total. The van der Waals surface area contributed by atoms with Crippen LogP contribution in [-0.2, 0) is 11.3 Å². The fourth-order valence-corrected chi connectivity index (χ4v) is 2.83.